The summed E-state index contributed by atoms with van der Waals surface area (Å²) < 4.78 is 21.4. The molecule has 0 aliphatic carbocycles. The molecule has 0 aliphatic rings. The fourth-order valence-electron chi connectivity index (χ4n) is 2.87. The summed E-state index contributed by atoms with van der Waals surface area (Å²) in [6, 6.07) is 11.6. The van der Waals surface area contributed by atoms with Crippen molar-refractivity contribution in [2.45, 2.75) is 13.1 Å². The molecular weight excluding hydrogens is 485 g/mol. The van der Waals surface area contributed by atoms with Gasteiger partial charge in [-0.05, 0) is 29.8 Å². The zero-order valence-corrected chi connectivity index (χ0v) is 20.1. The van der Waals surface area contributed by atoms with Gasteiger partial charge in [0.1, 0.15) is 11.5 Å². The molecule has 160 valence electrons. The highest BCUT2D eigenvalue weighted by molar-refractivity contribution is 14.0. The summed E-state index contributed by atoms with van der Waals surface area (Å²) in [5.74, 6) is 3.72. The maximum atomic E-state index is 5.49. The van der Waals surface area contributed by atoms with Gasteiger partial charge in [-0.25, -0.2) is 0 Å². The number of halogens is 1. The van der Waals surface area contributed by atoms with Crippen LogP contribution in [0.2, 0.25) is 0 Å². The maximum absolute atomic E-state index is 5.49. The topological polar surface area (TPSA) is 64.6 Å². The third-order valence-corrected chi connectivity index (χ3v) is 4.37. The monoisotopic (exact) mass is 515 g/mol. The van der Waals surface area contributed by atoms with Gasteiger partial charge in [-0.15, -0.1) is 24.0 Å². The van der Waals surface area contributed by atoms with E-state index >= 15 is 0 Å². The number of aliphatic imine (C=N–C) groups is 1. The van der Waals surface area contributed by atoms with E-state index in [1.54, 1.807) is 35.5 Å². The molecule has 2 aromatic carbocycles. The molecule has 2 rings (SSSR count). The van der Waals surface area contributed by atoms with Gasteiger partial charge in [0.15, 0.2) is 17.5 Å². The highest BCUT2D eigenvalue weighted by Gasteiger charge is 2.12. The van der Waals surface area contributed by atoms with Crippen LogP contribution in [-0.4, -0.2) is 53.4 Å². The summed E-state index contributed by atoms with van der Waals surface area (Å²) in [4.78, 5) is 6.41. The number of guanidine groups is 1. The lowest BCUT2D eigenvalue weighted by atomic mass is 10.2. The molecule has 7 nitrogen and oxygen atoms in total. The van der Waals surface area contributed by atoms with E-state index in [1.807, 2.05) is 48.3 Å². The molecule has 0 saturated heterocycles. The molecule has 8 heteroatoms. The molecule has 0 fully saturated rings. The molecule has 0 heterocycles. The number of hydrogen-bond acceptors (Lipinski definition) is 5. The second-order valence-electron chi connectivity index (χ2n) is 6.12. The van der Waals surface area contributed by atoms with Crippen LogP contribution in [0.4, 0.5) is 0 Å². The van der Waals surface area contributed by atoms with Gasteiger partial charge in [-0.3, -0.25) is 4.99 Å². The number of methoxy groups -OCH3 is 4. The molecule has 0 aliphatic heterocycles. The minimum Gasteiger partial charge on any atom is -0.497 e. The largest absolute Gasteiger partial charge is 0.497 e. The minimum atomic E-state index is 0. The van der Waals surface area contributed by atoms with Crippen LogP contribution in [0.5, 0.6) is 23.0 Å². The zero-order valence-electron chi connectivity index (χ0n) is 17.8. The van der Waals surface area contributed by atoms with E-state index in [0.717, 1.165) is 28.6 Å². The fourth-order valence-corrected chi connectivity index (χ4v) is 2.87. The molecule has 1 N–H and O–H groups in total. The summed E-state index contributed by atoms with van der Waals surface area (Å²) in [6.07, 6.45) is 0. The van der Waals surface area contributed by atoms with Crippen molar-refractivity contribution in [2.75, 3.05) is 42.5 Å². The Labute approximate surface area is 190 Å². The smallest absolute Gasteiger partial charge is 0.193 e. The fraction of sp³-hybridized carbons (Fsp3) is 0.381. The summed E-state index contributed by atoms with van der Waals surface area (Å²) in [7, 11) is 10.3. The first-order valence-corrected chi connectivity index (χ1v) is 8.89. The Morgan fingerprint density at radius 1 is 0.897 bits per heavy atom. The van der Waals surface area contributed by atoms with Crippen molar-refractivity contribution in [1.29, 1.82) is 0 Å². The lowest BCUT2D eigenvalue weighted by molar-refractivity contribution is 0.354. The van der Waals surface area contributed by atoms with E-state index in [-0.39, 0.29) is 24.0 Å². The van der Waals surface area contributed by atoms with E-state index in [0.29, 0.717) is 24.6 Å². The Hall–Kier alpha value is -2.36. The van der Waals surface area contributed by atoms with Crippen LogP contribution in [0.1, 0.15) is 11.1 Å². The molecule has 0 atom stereocenters. The van der Waals surface area contributed by atoms with Crippen molar-refractivity contribution in [3.63, 3.8) is 0 Å². The van der Waals surface area contributed by atoms with Crippen LogP contribution in [0.15, 0.2) is 41.4 Å². The second-order valence-corrected chi connectivity index (χ2v) is 6.12. The van der Waals surface area contributed by atoms with Gasteiger partial charge in [0.05, 0.1) is 28.4 Å². The summed E-state index contributed by atoms with van der Waals surface area (Å²) >= 11 is 0. The van der Waals surface area contributed by atoms with Crippen LogP contribution >= 0.6 is 24.0 Å². The first-order valence-electron chi connectivity index (χ1n) is 8.89. The molecular formula is C21H30IN3O4. The van der Waals surface area contributed by atoms with Gasteiger partial charge >= 0.3 is 0 Å². The van der Waals surface area contributed by atoms with Gasteiger partial charge in [-0.2, -0.15) is 0 Å². The highest BCUT2D eigenvalue weighted by Crippen LogP contribution is 2.28. The van der Waals surface area contributed by atoms with E-state index in [2.05, 4.69) is 10.3 Å². The lowest BCUT2D eigenvalue weighted by Gasteiger charge is -2.23. The SMILES string of the molecule is CN=C(NCc1ccc(OC)c(OC)c1)N(C)Cc1ccc(OC)cc1OC.I. The van der Waals surface area contributed by atoms with Crippen LogP contribution in [-0.2, 0) is 13.1 Å². The maximum Gasteiger partial charge on any atom is 0.193 e. The van der Waals surface area contributed by atoms with E-state index in [1.165, 1.54) is 0 Å². The van der Waals surface area contributed by atoms with Crippen molar-refractivity contribution >= 4 is 29.9 Å². The third kappa shape index (κ3) is 6.59. The Morgan fingerprint density at radius 3 is 2.17 bits per heavy atom. The van der Waals surface area contributed by atoms with Gasteiger partial charge in [0.25, 0.3) is 0 Å². The molecule has 2 aromatic rings. The molecule has 0 amide bonds. The van der Waals surface area contributed by atoms with Gasteiger partial charge in [-0.1, -0.05) is 6.07 Å². The van der Waals surface area contributed by atoms with E-state index in [4.69, 9.17) is 18.9 Å². The van der Waals surface area contributed by atoms with Gasteiger partial charge in [0, 0.05) is 38.8 Å². The van der Waals surface area contributed by atoms with E-state index < -0.39 is 0 Å². The van der Waals surface area contributed by atoms with Crippen LogP contribution in [0.3, 0.4) is 0 Å². The van der Waals surface area contributed by atoms with Crippen LogP contribution in [0, 0.1) is 0 Å². The standard InChI is InChI=1S/C21H29N3O4.HI/c1-22-21(23-13-15-7-10-18(26-4)20(11-15)28-6)24(2)14-16-8-9-17(25-3)12-19(16)27-5;/h7-12H,13-14H2,1-6H3,(H,22,23);1H. The highest BCUT2D eigenvalue weighted by atomic mass is 127. The number of nitrogens with one attached hydrogen (secondary N) is 1. The summed E-state index contributed by atoms with van der Waals surface area (Å²) in [5.41, 5.74) is 2.11. The van der Waals surface area contributed by atoms with Crippen molar-refractivity contribution in [3.8, 4) is 23.0 Å². The van der Waals surface area contributed by atoms with Crippen molar-refractivity contribution in [3.05, 3.63) is 47.5 Å². The molecule has 0 aromatic heterocycles. The molecule has 0 saturated carbocycles. The first kappa shape index (κ1) is 24.7. The Morgan fingerprint density at radius 2 is 1.59 bits per heavy atom. The number of hydrogen-bond donors (Lipinski definition) is 1. The Balaban J connectivity index is 0.00000420. The molecule has 0 spiro atoms. The Kier molecular flexibility index (Phi) is 10.4. The molecule has 0 unspecified atom stereocenters. The van der Waals surface area contributed by atoms with Crippen molar-refractivity contribution < 1.29 is 18.9 Å². The minimum absolute atomic E-state index is 0. The third-order valence-electron chi connectivity index (χ3n) is 4.37. The molecule has 0 radical (unpaired) electrons. The summed E-state index contributed by atoms with van der Waals surface area (Å²) in [5, 5.41) is 3.37. The predicted octanol–water partition coefficient (Wildman–Crippen LogP) is 3.55. The molecule has 0 bridgehead atoms. The quantitative estimate of drug-likeness (QED) is 0.330. The molecule has 29 heavy (non-hydrogen) atoms. The average molecular weight is 515 g/mol. The van der Waals surface area contributed by atoms with Crippen molar-refractivity contribution in [2.24, 2.45) is 4.99 Å². The Bertz CT molecular complexity index is 815. The van der Waals surface area contributed by atoms with Crippen molar-refractivity contribution in [1.82, 2.24) is 10.2 Å². The van der Waals surface area contributed by atoms with Gasteiger partial charge < -0.3 is 29.2 Å². The number of nitrogens with zero attached hydrogens (tertiary/aromatic N) is 2. The number of ether oxygens (including phenoxy) is 4. The zero-order chi connectivity index (χ0) is 20.5. The second kappa shape index (κ2) is 12.3. The normalized spacial score (nSPS) is 10.6. The predicted molar refractivity (Wildman–Crippen MR) is 126 cm³/mol. The van der Waals surface area contributed by atoms with Crippen LogP contribution < -0.4 is 24.3 Å². The van der Waals surface area contributed by atoms with E-state index in [9.17, 15) is 0 Å². The lowest BCUT2D eigenvalue weighted by Crippen LogP contribution is -2.38. The number of rotatable bonds is 8. The summed E-state index contributed by atoms with van der Waals surface area (Å²) in [6.45, 7) is 1.25. The van der Waals surface area contributed by atoms with Gasteiger partial charge in [0.2, 0.25) is 0 Å². The average Bonchev–Trinajstić information content (AvgIpc) is 2.74. The number of benzene rings is 2. The van der Waals surface area contributed by atoms with Crippen LogP contribution in [0.25, 0.3) is 0 Å². The first-order chi connectivity index (χ1) is 13.6.